The minimum atomic E-state index is -0.511. The van der Waals surface area contributed by atoms with Crippen LogP contribution in [0.4, 0.5) is 11.6 Å². The fourth-order valence-corrected chi connectivity index (χ4v) is 3.46. The third kappa shape index (κ3) is 4.26. The molecule has 1 aliphatic rings. The zero-order valence-corrected chi connectivity index (χ0v) is 17.1. The van der Waals surface area contributed by atoms with Gasteiger partial charge < -0.3 is 9.64 Å². The van der Waals surface area contributed by atoms with E-state index in [0.717, 1.165) is 5.69 Å². The van der Waals surface area contributed by atoms with Gasteiger partial charge in [0.15, 0.2) is 5.82 Å². The molecule has 156 valence electrons. The largest absolute Gasteiger partial charge is 0.378 e. The van der Waals surface area contributed by atoms with Crippen molar-refractivity contribution in [3.8, 4) is 11.8 Å². The van der Waals surface area contributed by atoms with Crippen LogP contribution in [0.25, 0.3) is 17.3 Å². The summed E-state index contributed by atoms with van der Waals surface area (Å²) in [6.45, 7) is 2.43. The van der Waals surface area contributed by atoms with Crippen molar-refractivity contribution in [2.75, 3.05) is 31.2 Å². The van der Waals surface area contributed by atoms with Crippen LogP contribution in [0.2, 0.25) is 5.02 Å². The molecule has 0 unspecified atom stereocenters. The highest BCUT2D eigenvalue weighted by molar-refractivity contribution is 6.32. The molecule has 0 spiro atoms. The number of hydrogen-bond acceptors (Lipinski definition) is 7. The van der Waals surface area contributed by atoms with Crippen LogP contribution in [-0.2, 0) is 4.74 Å². The number of ether oxygens (including phenoxy) is 1. The average Bonchev–Trinajstić information content (AvgIpc) is 3.24. The molecule has 0 amide bonds. The molecule has 10 heteroatoms. The van der Waals surface area contributed by atoms with Gasteiger partial charge >= 0.3 is 0 Å². The number of nitro benzene ring substituents is 1. The number of nitrogens with zero attached hydrogens (tertiary/aromatic N) is 6. The first-order valence-corrected chi connectivity index (χ1v) is 9.86. The van der Waals surface area contributed by atoms with E-state index in [2.05, 4.69) is 16.3 Å². The lowest BCUT2D eigenvalue weighted by Crippen LogP contribution is -2.38. The van der Waals surface area contributed by atoms with Crippen LogP contribution in [0.1, 0.15) is 11.4 Å². The van der Waals surface area contributed by atoms with Crippen molar-refractivity contribution >= 4 is 34.9 Å². The Kier molecular flexibility index (Phi) is 5.93. The molecule has 3 aromatic rings. The summed E-state index contributed by atoms with van der Waals surface area (Å²) in [7, 11) is 0. The maximum atomic E-state index is 11.1. The Morgan fingerprint density at radius 3 is 2.61 bits per heavy atom. The van der Waals surface area contributed by atoms with Gasteiger partial charge in [-0.05, 0) is 24.3 Å². The Morgan fingerprint density at radius 1 is 1.19 bits per heavy atom. The van der Waals surface area contributed by atoms with Crippen molar-refractivity contribution in [1.29, 1.82) is 5.26 Å². The smallest absolute Gasteiger partial charge is 0.270 e. The molecule has 0 bridgehead atoms. The highest BCUT2D eigenvalue weighted by Gasteiger charge is 2.23. The summed E-state index contributed by atoms with van der Waals surface area (Å²) >= 11 is 6.23. The maximum Gasteiger partial charge on any atom is 0.270 e. The zero-order chi connectivity index (χ0) is 21.8. The Hall–Kier alpha value is -3.74. The molecule has 0 aliphatic carbocycles. The number of allylic oxidation sites excluding steroid dienone is 1. The van der Waals surface area contributed by atoms with Crippen LogP contribution in [0.5, 0.6) is 0 Å². The topological polar surface area (TPSA) is 110 Å². The van der Waals surface area contributed by atoms with E-state index in [1.165, 1.54) is 24.3 Å². The maximum absolute atomic E-state index is 11.1. The molecule has 2 heterocycles. The third-order valence-electron chi connectivity index (χ3n) is 4.81. The SMILES string of the molecule is N#C/C(=C\c1cc([N+](=O)[O-])ccc1Cl)c1nnc(N2CCOCC2)n1-c1ccccc1. The van der Waals surface area contributed by atoms with Crippen LogP contribution in [0.15, 0.2) is 48.5 Å². The minimum Gasteiger partial charge on any atom is -0.378 e. The predicted molar refractivity (Wildman–Crippen MR) is 116 cm³/mol. The van der Waals surface area contributed by atoms with E-state index >= 15 is 0 Å². The van der Waals surface area contributed by atoms with Crippen LogP contribution >= 0.6 is 11.6 Å². The molecule has 1 saturated heterocycles. The van der Waals surface area contributed by atoms with Gasteiger partial charge in [-0.15, -0.1) is 10.2 Å². The molecule has 1 aliphatic heterocycles. The number of hydrogen-bond donors (Lipinski definition) is 0. The van der Waals surface area contributed by atoms with Crippen molar-refractivity contribution in [1.82, 2.24) is 14.8 Å². The van der Waals surface area contributed by atoms with Gasteiger partial charge in [0, 0.05) is 35.8 Å². The fourth-order valence-electron chi connectivity index (χ4n) is 3.29. The zero-order valence-electron chi connectivity index (χ0n) is 16.3. The summed E-state index contributed by atoms with van der Waals surface area (Å²) in [5.41, 5.74) is 1.20. The third-order valence-corrected chi connectivity index (χ3v) is 5.15. The summed E-state index contributed by atoms with van der Waals surface area (Å²) in [4.78, 5) is 12.7. The van der Waals surface area contributed by atoms with Crippen LogP contribution in [0, 0.1) is 21.4 Å². The number of nitriles is 1. The van der Waals surface area contributed by atoms with E-state index in [1.54, 1.807) is 4.57 Å². The summed E-state index contributed by atoms with van der Waals surface area (Å²) in [6.07, 6.45) is 1.49. The van der Waals surface area contributed by atoms with Gasteiger partial charge in [0.2, 0.25) is 5.95 Å². The number of benzene rings is 2. The van der Waals surface area contributed by atoms with Crippen molar-refractivity contribution in [3.63, 3.8) is 0 Å². The molecular formula is C21H17ClN6O3. The summed E-state index contributed by atoms with van der Waals surface area (Å²) in [6, 6.07) is 15.7. The number of halogens is 1. The van der Waals surface area contributed by atoms with E-state index in [4.69, 9.17) is 16.3 Å². The first-order valence-electron chi connectivity index (χ1n) is 9.48. The Morgan fingerprint density at radius 2 is 1.94 bits per heavy atom. The first-order chi connectivity index (χ1) is 15.1. The summed E-state index contributed by atoms with van der Waals surface area (Å²) in [5, 5.41) is 30.0. The standard InChI is InChI=1S/C21H17ClN6O3/c22-19-7-6-18(28(29)30)13-15(19)12-16(14-23)20-24-25-21(26-8-10-31-11-9-26)27(20)17-4-2-1-3-5-17/h1-7,12-13H,8-11H2/b16-12+. The first kappa shape index (κ1) is 20.5. The van der Waals surface area contributed by atoms with Crippen LogP contribution in [-0.4, -0.2) is 46.0 Å². The average molecular weight is 437 g/mol. The van der Waals surface area contributed by atoms with E-state index in [9.17, 15) is 15.4 Å². The Balaban J connectivity index is 1.86. The summed E-state index contributed by atoms with van der Waals surface area (Å²) in [5.74, 6) is 0.911. The van der Waals surface area contributed by atoms with Crippen LogP contribution < -0.4 is 4.90 Å². The molecule has 4 rings (SSSR count). The Labute approximate surface area is 182 Å². The lowest BCUT2D eigenvalue weighted by Gasteiger charge is -2.28. The molecule has 2 aromatic carbocycles. The molecular weight excluding hydrogens is 420 g/mol. The lowest BCUT2D eigenvalue weighted by atomic mass is 10.1. The number of non-ortho nitro benzene ring substituents is 1. The van der Waals surface area contributed by atoms with Crippen molar-refractivity contribution in [3.05, 3.63) is 75.1 Å². The molecule has 0 saturated carbocycles. The van der Waals surface area contributed by atoms with Gasteiger partial charge in [-0.25, -0.2) is 0 Å². The van der Waals surface area contributed by atoms with E-state index < -0.39 is 4.92 Å². The number of nitro groups is 1. The fraction of sp³-hybridized carbons (Fsp3) is 0.190. The van der Waals surface area contributed by atoms with Gasteiger partial charge in [-0.3, -0.25) is 14.7 Å². The quantitative estimate of drug-likeness (QED) is 0.340. The Bertz CT molecular complexity index is 1180. The highest BCUT2D eigenvalue weighted by atomic mass is 35.5. The van der Waals surface area contributed by atoms with E-state index in [0.29, 0.717) is 43.6 Å². The van der Waals surface area contributed by atoms with Gasteiger partial charge in [0.05, 0.1) is 29.4 Å². The molecule has 31 heavy (non-hydrogen) atoms. The predicted octanol–water partition coefficient (Wildman–Crippen LogP) is 3.73. The number of aromatic nitrogens is 3. The van der Waals surface area contributed by atoms with Crippen molar-refractivity contribution < 1.29 is 9.66 Å². The second-order valence-corrected chi connectivity index (χ2v) is 7.13. The monoisotopic (exact) mass is 436 g/mol. The molecule has 1 fully saturated rings. The molecule has 9 nitrogen and oxygen atoms in total. The number of morpholine rings is 1. The molecule has 0 atom stereocenters. The molecule has 0 radical (unpaired) electrons. The second kappa shape index (κ2) is 8.95. The normalized spacial score (nSPS) is 14.3. The van der Waals surface area contributed by atoms with Crippen molar-refractivity contribution in [2.24, 2.45) is 0 Å². The van der Waals surface area contributed by atoms with E-state index in [-0.39, 0.29) is 16.3 Å². The van der Waals surface area contributed by atoms with Crippen molar-refractivity contribution in [2.45, 2.75) is 0 Å². The number of anilines is 1. The van der Waals surface area contributed by atoms with Gasteiger partial charge in [0.25, 0.3) is 5.69 Å². The lowest BCUT2D eigenvalue weighted by molar-refractivity contribution is -0.384. The van der Waals surface area contributed by atoms with E-state index in [1.807, 2.05) is 35.2 Å². The molecule has 1 aromatic heterocycles. The van der Waals surface area contributed by atoms with Crippen LogP contribution in [0.3, 0.4) is 0 Å². The van der Waals surface area contributed by atoms with Gasteiger partial charge in [-0.2, -0.15) is 5.26 Å². The minimum absolute atomic E-state index is 0.119. The van der Waals surface area contributed by atoms with Gasteiger partial charge in [0.1, 0.15) is 6.07 Å². The van der Waals surface area contributed by atoms with Gasteiger partial charge in [-0.1, -0.05) is 29.8 Å². The summed E-state index contributed by atoms with van der Waals surface area (Å²) < 4.78 is 7.23. The highest BCUT2D eigenvalue weighted by Crippen LogP contribution is 2.29. The number of para-hydroxylation sites is 1. The second-order valence-electron chi connectivity index (χ2n) is 6.73. The number of rotatable bonds is 5. The molecule has 0 N–H and O–H groups in total.